The molecule has 1 fully saturated rings. The summed E-state index contributed by atoms with van der Waals surface area (Å²) in [6, 6.07) is 8.69. The number of pyridine rings is 1. The van der Waals surface area contributed by atoms with Crippen molar-refractivity contribution in [3.05, 3.63) is 36.0 Å². The summed E-state index contributed by atoms with van der Waals surface area (Å²) in [4.78, 5) is 28.1. The molecule has 25 heavy (non-hydrogen) atoms. The van der Waals surface area contributed by atoms with E-state index in [0.717, 1.165) is 24.8 Å². The van der Waals surface area contributed by atoms with Crippen molar-refractivity contribution in [2.24, 2.45) is 0 Å². The van der Waals surface area contributed by atoms with Crippen molar-refractivity contribution in [1.29, 1.82) is 0 Å². The summed E-state index contributed by atoms with van der Waals surface area (Å²) in [6.07, 6.45) is 2.00. The monoisotopic (exact) mass is 344 g/mol. The number of amides is 1. The van der Waals surface area contributed by atoms with E-state index in [2.05, 4.69) is 10.3 Å². The summed E-state index contributed by atoms with van der Waals surface area (Å²) in [5.41, 5.74) is 0.808. The summed E-state index contributed by atoms with van der Waals surface area (Å²) in [5, 5.41) is 3.55. The van der Waals surface area contributed by atoms with Crippen molar-refractivity contribution < 1.29 is 23.8 Å². The van der Waals surface area contributed by atoms with Gasteiger partial charge in [0.1, 0.15) is 11.4 Å². The summed E-state index contributed by atoms with van der Waals surface area (Å²) >= 11 is 0. The van der Waals surface area contributed by atoms with E-state index in [1.807, 2.05) is 6.07 Å². The normalized spacial score (nSPS) is 16.6. The number of carbonyl (C=O) groups is 2. The minimum atomic E-state index is -0.634. The van der Waals surface area contributed by atoms with Gasteiger partial charge in [-0.15, -0.1) is 0 Å². The molecule has 7 heteroatoms. The maximum absolute atomic E-state index is 12.1. The van der Waals surface area contributed by atoms with Gasteiger partial charge in [-0.25, -0.2) is 9.78 Å². The number of rotatable bonds is 6. The molecule has 1 aliphatic heterocycles. The first-order valence-electron chi connectivity index (χ1n) is 8.16. The number of nitrogens with zero attached hydrogens (tertiary/aromatic N) is 1. The molecule has 132 valence electrons. The molecule has 3 rings (SSSR count). The molecule has 1 unspecified atom stereocenters. The Bertz CT molecular complexity index is 771. The van der Waals surface area contributed by atoms with E-state index >= 15 is 0 Å². The number of fused-ring (bicyclic) bond motifs is 1. The summed E-state index contributed by atoms with van der Waals surface area (Å²) in [5.74, 6) is -0.271. The predicted octanol–water partition coefficient (Wildman–Crippen LogP) is 1.70. The highest BCUT2D eigenvalue weighted by Gasteiger charge is 2.17. The molecule has 2 aromatic rings. The Morgan fingerprint density at radius 1 is 1.32 bits per heavy atom. The van der Waals surface area contributed by atoms with Gasteiger partial charge in [0.05, 0.1) is 18.7 Å². The van der Waals surface area contributed by atoms with Crippen LogP contribution in [0.5, 0.6) is 5.75 Å². The number of ether oxygens (including phenoxy) is 3. The first-order valence-corrected chi connectivity index (χ1v) is 8.16. The average molecular weight is 344 g/mol. The number of benzene rings is 1. The van der Waals surface area contributed by atoms with Gasteiger partial charge in [-0.2, -0.15) is 0 Å². The van der Waals surface area contributed by atoms with E-state index in [4.69, 9.17) is 14.2 Å². The second-order valence-electron chi connectivity index (χ2n) is 5.77. The SMILES string of the molecule is COc1ccc2nc(C(=O)OCC(=O)NCC3CCCO3)ccc2c1. The van der Waals surface area contributed by atoms with Gasteiger partial charge >= 0.3 is 5.97 Å². The first kappa shape index (κ1) is 17.2. The Labute approximate surface area is 145 Å². The molecule has 0 spiro atoms. The number of hydrogen-bond acceptors (Lipinski definition) is 6. The van der Waals surface area contributed by atoms with Crippen molar-refractivity contribution in [2.45, 2.75) is 18.9 Å². The van der Waals surface area contributed by atoms with Crippen LogP contribution in [-0.2, 0) is 14.3 Å². The highest BCUT2D eigenvalue weighted by molar-refractivity contribution is 5.92. The molecule has 0 bridgehead atoms. The molecule has 1 saturated heterocycles. The van der Waals surface area contributed by atoms with Gasteiger partial charge in [0.2, 0.25) is 0 Å². The highest BCUT2D eigenvalue weighted by atomic mass is 16.5. The molecule has 1 atom stereocenters. The highest BCUT2D eigenvalue weighted by Crippen LogP contribution is 2.19. The third-order valence-corrected chi connectivity index (χ3v) is 3.99. The largest absolute Gasteiger partial charge is 0.497 e. The lowest BCUT2D eigenvalue weighted by molar-refractivity contribution is -0.124. The molecular weight excluding hydrogens is 324 g/mol. The lowest BCUT2D eigenvalue weighted by Crippen LogP contribution is -2.34. The number of methoxy groups -OCH3 is 1. The van der Waals surface area contributed by atoms with E-state index in [9.17, 15) is 9.59 Å². The summed E-state index contributed by atoms with van der Waals surface area (Å²) in [6.45, 7) is 0.829. The topological polar surface area (TPSA) is 86.8 Å². The number of hydrogen-bond donors (Lipinski definition) is 1. The minimum Gasteiger partial charge on any atom is -0.497 e. The standard InChI is InChI=1S/C18H20N2O5/c1-23-13-5-7-15-12(9-13)4-6-16(20-15)18(22)25-11-17(21)19-10-14-3-2-8-24-14/h4-7,9,14H,2-3,8,10-11H2,1H3,(H,19,21). The summed E-state index contributed by atoms with van der Waals surface area (Å²) in [7, 11) is 1.59. The van der Waals surface area contributed by atoms with Crippen molar-refractivity contribution in [3.63, 3.8) is 0 Å². The van der Waals surface area contributed by atoms with E-state index in [0.29, 0.717) is 17.8 Å². The Hall–Kier alpha value is -2.67. The van der Waals surface area contributed by atoms with Crippen LogP contribution in [0.25, 0.3) is 10.9 Å². The van der Waals surface area contributed by atoms with Crippen LogP contribution in [0.3, 0.4) is 0 Å². The fourth-order valence-corrected chi connectivity index (χ4v) is 2.63. The Morgan fingerprint density at radius 2 is 2.20 bits per heavy atom. The molecule has 7 nitrogen and oxygen atoms in total. The third-order valence-electron chi connectivity index (χ3n) is 3.99. The maximum atomic E-state index is 12.1. The van der Waals surface area contributed by atoms with Crippen LogP contribution in [0.1, 0.15) is 23.3 Å². The maximum Gasteiger partial charge on any atom is 0.357 e. The predicted molar refractivity (Wildman–Crippen MR) is 90.6 cm³/mol. The van der Waals surface area contributed by atoms with Crippen molar-refractivity contribution in [3.8, 4) is 5.75 Å². The summed E-state index contributed by atoms with van der Waals surface area (Å²) < 4.78 is 15.6. The van der Waals surface area contributed by atoms with Crippen LogP contribution >= 0.6 is 0 Å². The molecule has 1 aromatic carbocycles. The lowest BCUT2D eigenvalue weighted by Gasteiger charge is -2.11. The van der Waals surface area contributed by atoms with Gasteiger partial charge in [-0.3, -0.25) is 4.79 Å². The van der Waals surface area contributed by atoms with E-state index in [1.165, 1.54) is 0 Å². The van der Waals surface area contributed by atoms with E-state index in [1.54, 1.807) is 31.4 Å². The van der Waals surface area contributed by atoms with Crippen LogP contribution in [-0.4, -0.2) is 49.8 Å². The smallest absolute Gasteiger partial charge is 0.357 e. The minimum absolute atomic E-state index is 0.0544. The molecule has 0 saturated carbocycles. The van der Waals surface area contributed by atoms with Crippen molar-refractivity contribution in [2.75, 3.05) is 26.9 Å². The molecule has 2 heterocycles. The lowest BCUT2D eigenvalue weighted by atomic mass is 10.2. The van der Waals surface area contributed by atoms with Crippen LogP contribution in [0.15, 0.2) is 30.3 Å². The first-order chi connectivity index (χ1) is 12.2. The van der Waals surface area contributed by atoms with Gasteiger partial charge in [-0.1, -0.05) is 6.07 Å². The molecule has 1 aliphatic rings. The Morgan fingerprint density at radius 3 is 2.96 bits per heavy atom. The fourth-order valence-electron chi connectivity index (χ4n) is 2.63. The Balaban J connectivity index is 1.53. The van der Waals surface area contributed by atoms with Gasteiger partial charge in [0.25, 0.3) is 5.91 Å². The number of carbonyl (C=O) groups excluding carboxylic acids is 2. The molecular formula is C18H20N2O5. The van der Waals surface area contributed by atoms with Crippen molar-refractivity contribution >= 4 is 22.8 Å². The van der Waals surface area contributed by atoms with Crippen LogP contribution < -0.4 is 10.1 Å². The van der Waals surface area contributed by atoms with Gasteiger partial charge < -0.3 is 19.5 Å². The molecule has 1 N–H and O–H groups in total. The zero-order chi connectivity index (χ0) is 17.6. The second kappa shape index (κ2) is 7.94. The van der Waals surface area contributed by atoms with Crippen LogP contribution in [0.2, 0.25) is 0 Å². The zero-order valence-corrected chi connectivity index (χ0v) is 14.0. The van der Waals surface area contributed by atoms with E-state index in [-0.39, 0.29) is 24.3 Å². The Kier molecular flexibility index (Phi) is 5.45. The fraction of sp³-hybridized carbons (Fsp3) is 0.389. The van der Waals surface area contributed by atoms with Crippen LogP contribution in [0, 0.1) is 0 Å². The number of aromatic nitrogens is 1. The molecule has 0 radical (unpaired) electrons. The molecule has 0 aliphatic carbocycles. The zero-order valence-electron chi connectivity index (χ0n) is 14.0. The van der Waals surface area contributed by atoms with Gasteiger partial charge in [-0.05, 0) is 37.1 Å². The molecule has 1 amide bonds. The number of esters is 1. The van der Waals surface area contributed by atoms with Crippen molar-refractivity contribution in [1.82, 2.24) is 10.3 Å². The van der Waals surface area contributed by atoms with E-state index < -0.39 is 5.97 Å². The average Bonchev–Trinajstić information content (AvgIpc) is 3.17. The van der Waals surface area contributed by atoms with Gasteiger partial charge in [0, 0.05) is 18.5 Å². The van der Waals surface area contributed by atoms with Crippen LogP contribution in [0.4, 0.5) is 0 Å². The third kappa shape index (κ3) is 4.45. The molecule has 1 aromatic heterocycles. The number of nitrogens with one attached hydrogen (secondary N) is 1. The second-order valence-corrected chi connectivity index (χ2v) is 5.77. The van der Waals surface area contributed by atoms with Gasteiger partial charge in [0.15, 0.2) is 6.61 Å². The quantitative estimate of drug-likeness (QED) is 0.803.